The number of ketones is 2. The predicted octanol–water partition coefficient (Wildman–Crippen LogP) is 3.76. The molecule has 2 heteroatoms. The Morgan fingerprint density at radius 3 is 2.76 bits per heavy atom. The Morgan fingerprint density at radius 2 is 1.95 bits per heavy atom. The minimum absolute atomic E-state index is 0.0605. The van der Waals surface area contributed by atoms with Crippen molar-refractivity contribution >= 4 is 11.6 Å². The molecule has 0 saturated heterocycles. The second kappa shape index (κ2) is 4.30. The van der Waals surface area contributed by atoms with Gasteiger partial charge in [0.05, 0.1) is 0 Å². The highest BCUT2D eigenvalue weighted by Gasteiger charge is 2.59. The standard InChI is InChI=1S/C19H25O2/c1-18-9-7-13(20)11-12(18)3-4-14-15-5-6-17(21)19(15,2)10-8-16(14)18/h4,7,9,12,14-16H,3,5-6,8,10-11H2,1-2H3/t12?,14-,15-,16-,18-,19-/m0/s1. The van der Waals surface area contributed by atoms with E-state index in [-0.39, 0.29) is 10.8 Å². The third kappa shape index (κ3) is 1.71. The molecule has 0 N–H and O–H groups in total. The van der Waals surface area contributed by atoms with Crippen LogP contribution in [0.2, 0.25) is 0 Å². The molecule has 3 fully saturated rings. The first-order valence-electron chi connectivity index (χ1n) is 8.54. The van der Waals surface area contributed by atoms with Crippen LogP contribution < -0.4 is 0 Å². The zero-order valence-corrected chi connectivity index (χ0v) is 13.1. The third-order valence-electron chi connectivity index (χ3n) is 7.49. The van der Waals surface area contributed by atoms with Gasteiger partial charge in [-0.15, -0.1) is 0 Å². The summed E-state index contributed by atoms with van der Waals surface area (Å²) < 4.78 is 0. The number of allylic oxidation sites excluding steroid dienone is 2. The molecule has 0 bridgehead atoms. The van der Waals surface area contributed by atoms with Gasteiger partial charge in [0.15, 0.2) is 5.78 Å². The molecule has 0 aromatic rings. The van der Waals surface area contributed by atoms with E-state index < -0.39 is 0 Å². The molecule has 21 heavy (non-hydrogen) atoms. The van der Waals surface area contributed by atoms with E-state index in [2.05, 4.69) is 26.3 Å². The monoisotopic (exact) mass is 285 g/mol. The lowest BCUT2D eigenvalue weighted by atomic mass is 9.46. The van der Waals surface area contributed by atoms with Crippen LogP contribution in [0.3, 0.4) is 0 Å². The topological polar surface area (TPSA) is 34.1 Å². The first-order valence-corrected chi connectivity index (χ1v) is 8.54. The minimum atomic E-state index is -0.0605. The van der Waals surface area contributed by atoms with Crippen LogP contribution in [-0.2, 0) is 9.59 Å². The number of Topliss-reactive ketones (excluding diaryl/α,β-unsaturated/α-hetero) is 1. The van der Waals surface area contributed by atoms with Crippen molar-refractivity contribution in [3.05, 3.63) is 18.6 Å². The molecule has 0 aliphatic heterocycles. The number of rotatable bonds is 0. The maximum Gasteiger partial charge on any atom is 0.155 e. The summed E-state index contributed by atoms with van der Waals surface area (Å²) >= 11 is 0. The van der Waals surface area contributed by atoms with Crippen molar-refractivity contribution in [2.75, 3.05) is 0 Å². The summed E-state index contributed by atoms with van der Waals surface area (Å²) in [5, 5.41) is 0. The Bertz CT molecular complexity index is 534. The van der Waals surface area contributed by atoms with Crippen molar-refractivity contribution in [1.82, 2.24) is 0 Å². The van der Waals surface area contributed by atoms with Gasteiger partial charge in [0, 0.05) is 18.3 Å². The SMILES string of the molecule is C[C@]12C=CC(=O)CC1C[CH][C@@H]1[C@@H]2CC[C@]2(C)C(=O)CC[C@@H]12. The van der Waals surface area contributed by atoms with E-state index in [0.717, 1.165) is 32.1 Å². The molecular weight excluding hydrogens is 260 g/mol. The smallest absolute Gasteiger partial charge is 0.155 e. The molecule has 2 nitrogen and oxygen atoms in total. The molecule has 1 unspecified atom stereocenters. The highest BCUT2D eigenvalue weighted by Crippen LogP contribution is 2.63. The van der Waals surface area contributed by atoms with Gasteiger partial charge in [-0.25, -0.2) is 0 Å². The van der Waals surface area contributed by atoms with Crippen molar-refractivity contribution in [3.63, 3.8) is 0 Å². The molecule has 0 aromatic carbocycles. The summed E-state index contributed by atoms with van der Waals surface area (Å²) in [5.74, 6) is 3.03. The lowest BCUT2D eigenvalue weighted by Crippen LogP contribution is -2.52. The highest BCUT2D eigenvalue weighted by molar-refractivity contribution is 5.91. The number of hydrogen-bond donors (Lipinski definition) is 0. The van der Waals surface area contributed by atoms with E-state index in [1.807, 2.05) is 6.08 Å². The van der Waals surface area contributed by atoms with Gasteiger partial charge in [0.25, 0.3) is 0 Å². The summed E-state index contributed by atoms with van der Waals surface area (Å²) in [4.78, 5) is 24.1. The first-order chi connectivity index (χ1) is 9.95. The molecule has 3 saturated carbocycles. The van der Waals surface area contributed by atoms with Gasteiger partial charge in [-0.2, -0.15) is 0 Å². The zero-order valence-electron chi connectivity index (χ0n) is 13.1. The summed E-state index contributed by atoms with van der Waals surface area (Å²) in [6.07, 6.45) is 12.4. The number of carbonyl (C=O) groups excluding carboxylic acids is 2. The van der Waals surface area contributed by atoms with Crippen LogP contribution in [0.4, 0.5) is 0 Å². The Balaban J connectivity index is 1.70. The van der Waals surface area contributed by atoms with Gasteiger partial charge >= 0.3 is 0 Å². The maximum absolute atomic E-state index is 12.3. The van der Waals surface area contributed by atoms with Crippen molar-refractivity contribution < 1.29 is 9.59 Å². The molecule has 4 aliphatic rings. The fourth-order valence-corrected chi connectivity index (χ4v) is 6.05. The molecular formula is C19H25O2. The Labute approximate surface area is 127 Å². The van der Waals surface area contributed by atoms with Gasteiger partial charge < -0.3 is 0 Å². The average molecular weight is 285 g/mol. The van der Waals surface area contributed by atoms with E-state index in [0.29, 0.717) is 41.7 Å². The van der Waals surface area contributed by atoms with E-state index in [1.165, 1.54) is 0 Å². The van der Waals surface area contributed by atoms with Gasteiger partial charge in [-0.1, -0.05) is 19.9 Å². The summed E-state index contributed by atoms with van der Waals surface area (Å²) in [7, 11) is 0. The van der Waals surface area contributed by atoms with Crippen molar-refractivity contribution in [1.29, 1.82) is 0 Å². The van der Waals surface area contributed by atoms with Crippen LogP contribution in [0.15, 0.2) is 12.2 Å². The van der Waals surface area contributed by atoms with Crippen molar-refractivity contribution in [3.8, 4) is 0 Å². The van der Waals surface area contributed by atoms with Gasteiger partial charge in [-0.3, -0.25) is 9.59 Å². The molecule has 1 radical (unpaired) electrons. The third-order valence-corrected chi connectivity index (χ3v) is 7.49. The molecule has 0 amide bonds. The van der Waals surface area contributed by atoms with Crippen LogP contribution in [0, 0.1) is 40.9 Å². The Morgan fingerprint density at radius 1 is 1.14 bits per heavy atom. The second-order valence-corrected chi connectivity index (χ2v) is 8.25. The molecule has 0 heterocycles. The number of hydrogen-bond acceptors (Lipinski definition) is 2. The maximum atomic E-state index is 12.3. The normalized spacial score (nSPS) is 52.3. The van der Waals surface area contributed by atoms with Gasteiger partial charge in [-0.05, 0) is 67.3 Å². The second-order valence-electron chi connectivity index (χ2n) is 8.25. The Kier molecular flexibility index (Phi) is 2.81. The largest absolute Gasteiger partial charge is 0.299 e. The van der Waals surface area contributed by atoms with E-state index in [9.17, 15) is 9.59 Å². The number of fused-ring (bicyclic) bond motifs is 5. The van der Waals surface area contributed by atoms with E-state index >= 15 is 0 Å². The minimum Gasteiger partial charge on any atom is -0.299 e. The van der Waals surface area contributed by atoms with Crippen LogP contribution in [-0.4, -0.2) is 11.6 Å². The summed E-state index contributed by atoms with van der Waals surface area (Å²) in [6, 6.07) is 0. The molecule has 113 valence electrons. The average Bonchev–Trinajstić information content (AvgIpc) is 2.76. The van der Waals surface area contributed by atoms with Crippen LogP contribution in [0.1, 0.15) is 52.4 Å². The van der Waals surface area contributed by atoms with Gasteiger partial charge in [0.1, 0.15) is 5.78 Å². The molecule has 0 spiro atoms. The fraction of sp³-hybridized carbons (Fsp3) is 0.737. The van der Waals surface area contributed by atoms with E-state index in [1.54, 1.807) is 0 Å². The zero-order chi connectivity index (χ0) is 14.8. The Hall–Kier alpha value is -0.920. The summed E-state index contributed by atoms with van der Waals surface area (Å²) in [6.45, 7) is 4.58. The summed E-state index contributed by atoms with van der Waals surface area (Å²) in [5.41, 5.74) is 0.107. The quantitative estimate of drug-likeness (QED) is 0.679. The molecule has 6 atom stereocenters. The van der Waals surface area contributed by atoms with Crippen LogP contribution in [0.5, 0.6) is 0 Å². The van der Waals surface area contributed by atoms with E-state index in [4.69, 9.17) is 0 Å². The molecule has 0 aromatic heterocycles. The number of carbonyl (C=O) groups is 2. The first kappa shape index (κ1) is 13.7. The van der Waals surface area contributed by atoms with Crippen molar-refractivity contribution in [2.45, 2.75) is 52.4 Å². The van der Waals surface area contributed by atoms with Crippen LogP contribution in [0.25, 0.3) is 0 Å². The van der Waals surface area contributed by atoms with Gasteiger partial charge in [0.2, 0.25) is 0 Å². The predicted molar refractivity (Wildman–Crippen MR) is 81.3 cm³/mol. The van der Waals surface area contributed by atoms with Crippen molar-refractivity contribution in [2.24, 2.45) is 34.5 Å². The molecule has 4 aliphatic carbocycles. The lowest BCUT2D eigenvalue weighted by molar-refractivity contribution is -0.132. The molecule has 4 rings (SSSR count). The highest BCUT2D eigenvalue weighted by atomic mass is 16.1. The lowest BCUT2D eigenvalue weighted by Gasteiger charge is -2.57. The fourth-order valence-electron chi connectivity index (χ4n) is 6.05. The van der Waals surface area contributed by atoms with Crippen LogP contribution >= 0.6 is 0 Å².